The van der Waals surface area contributed by atoms with Crippen molar-refractivity contribution in [3.05, 3.63) is 34.9 Å². The molecule has 0 aromatic heterocycles. The van der Waals surface area contributed by atoms with Crippen molar-refractivity contribution in [2.75, 3.05) is 0 Å². The third-order valence-electron chi connectivity index (χ3n) is 2.30. The lowest BCUT2D eigenvalue weighted by Gasteiger charge is -2.10. The highest BCUT2D eigenvalue weighted by molar-refractivity contribution is 7.15. The van der Waals surface area contributed by atoms with Crippen molar-refractivity contribution in [3.63, 3.8) is 0 Å². The summed E-state index contributed by atoms with van der Waals surface area (Å²) in [5, 5.41) is 8.80. The highest BCUT2D eigenvalue weighted by Crippen LogP contribution is 2.19. The largest absolute Gasteiger partial charge is 0.481 e. The molecule has 1 aromatic carbocycles. The minimum absolute atomic E-state index is 0.133. The Labute approximate surface area is 86.5 Å². The van der Waals surface area contributed by atoms with Crippen LogP contribution in [0.15, 0.2) is 18.2 Å². The monoisotopic (exact) mass is 210 g/mol. The number of carboxylic acids is 1. The van der Waals surface area contributed by atoms with Crippen molar-refractivity contribution in [3.8, 4) is 0 Å². The third-order valence-corrected chi connectivity index (χ3v) is 2.74. The Bertz CT molecular complexity index is 312. The van der Waals surface area contributed by atoms with Gasteiger partial charge in [-0.3, -0.25) is 4.79 Å². The minimum Gasteiger partial charge on any atom is -0.481 e. The molecule has 0 fully saturated rings. The Morgan fingerprint density at radius 2 is 2.07 bits per heavy atom. The summed E-state index contributed by atoms with van der Waals surface area (Å²) in [5.74, 6) is -0.759. The summed E-state index contributed by atoms with van der Waals surface area (Å²) < 4.78 is 0. The van der Waals surface area contributed by atoms with Crippen LogP contribution in [-0.4, -0.2) is 11.1 Å². The number of aryl methyl sites for hydroxylation is 1. The lowest BCUT2D eigenvalue weighted by atomic mass is 9.97. The van der Waals surface area contributed by atoms with E-state index in [1.54, 1.807) is 0 Å². The smallest absolute Gasteiger partial charge is 0.307 e. The molecule has 76 valence electrons. The van der Waals surface area contributed by atoms with Gasteiger partial charge in [-0.1, -0.05) is 25.1 Å². The molecule has 0 heterocycles. The van der Waals surface area contributed by atoms with Crippen LogP contribution in [0, 0.1) is 0 Å². The molecule has 0 bridgehead atoms. The Morgan fingerprint density at radius 1 is 1.43 bits per heavy atom. The Kier molecular flexibility index (Phi) is 4.09. The summed E-state index contributed by atoms with van der Waals surface area (Å²) in [6, 6.07) is 5.98. The van der Waals surface area contributed by atoms with Gasteiger partial charge in [-0.2, -0.15) is 0 Å². The molecular formula is C11H15O2P. The zero-order valence-corrected chi connectivity index (χ0v) is 9.44. The number of benzene rings is 1. The average molecular weight is 210 g/mol. The molecule has 1 rings (SSSR count). The highest BCUT2D eigenvalue weighted by Gasteiger charge is 2.09. The number of carboxylic acid groups (broad SMARTS) is 1. The SMILES string of the molecule is CCc1cccc(CP)c1CC(=O)O. The molecule has 0 spiro atoms. The van der Waals surface area contributed by atoms with Gasteiger partial charge in [0.15, 0.2) is 0 Å². The van der Waals surface area contributed by atoms with Gasteiger partial charge in [-0.05, 0) is 29.3 Å². The molecule has 1 atom stereocenters. The van der Waals surface area contributed by atoms with E-state index in [4.69, 9.17) is 5.11 Å². The zero-order chi connectivity index (χ0) is 10.6. The van der Waals surface area contributed by atoms with Gasteiger partial charge in [0.05, 0.1) is 6.42 Å². The van der Waals surface area contributed by atoms with E-state index in [2.05, 4.69) is 9.24 Å². The molecule has 0 saturated heterocycles. The van der Waals surface area contributed by atoms with E-state index in [0.717, 1.165) is 29.3 Å². The van der Waals surface area contributed by atoms with Crippen LogP contribution in [-0.2, 0) is 23.8 Å². The summed E-state index contributed by atoms with van der Waals surface area (Å²) in [4.78, 5) is 10.7. The van der Waals surface area contributed by atoms with Crippen LogP contribution in [0.5, 0.6) is 0 Å². The maximum absolute atomic E-state index is 10.7. The lowest BCUT2D eigenvalue weighted by Crippen LogP contribution is -2.06. The Hall–Kier alpha value is -0.880. The molecule has 0 aliphatic rings. The summed E-state index contributed by atoms with van der Waals surface area (Å²) >= 11 is 0. The van der Waals surface area contributed by atoms with Gasteiger partial charge in [0, 0.05) is 0 Å². The Balaban J connectivity index is 3.12. The fourth-order valence-corrected chi connectivity index (χ4v) is 1.97. The van der Waals surface area contributed by atoms with E-state index in [-0.39, 0.29) is 6.42 Å². The van der Waals surface area contributed by atoms with Crippen LogP contribution in [0.25, 0.3) is 0 Å². The molecule has 1 N–H and O–H groups in total. The number of hydrogen-bond donors (Lipinski definition) is 1. The molecule has 0 aliphatic carbocycles. The van der Waals surface area contributed by atoms with E-state index < -0.39 is 5.97 Å². The molecule has 0 saturated carbocycles. The Morgan fingerprint density at radius 3 is 2.57 bits per heavy atom. The number of carbonyl (C=O) groups is 1. The highest BCUT2D eigenvalue weighted by atomic mass is 31.0. The van der Waals surface area contributed by atoms with Gasteiger partial charge in [0.2, 0.25) is 0 Å². The van der Waals surface area contributed by atoms with Crippen LogP contribution in [0.3, 0.4) is 0 Å². The van der Waals surface area contributed by atoms with Crippen LogP contribution in [0.4, 0.5) is 0 Å². The van der Waals surface area contributed by atoms with Gasteiger partial charge in [-0.15, -0.1) is 9.24 Å². The van der Waals surface area contributed by atoms with Crippen molar-refractivity contribution < 1.29 is 9.90 Å². The van der Waals surface area contributed by atoms with Gasteiger partial charge in [0.25, 0.3) is 0 Å². The third kappa shape index (κ3) is 2.55. The second-order valence-electron chi connectivity index (χ2n) is 3.18. The fraction of sp³-hybridized carbons (Fsp3) is 0.364. The number of aliphatic carboxylic acids is 1. The second-order valence-corrected chi connectivity index (χ2v) is 3.59. The summed E-state index contributed by atoms with van der Waals surface area (Å²) in [5.41, 5.74) is 3.25. The quantitative estimate of drug-likeness (QED) is 0.774. The van der Waals surface area contributed by atoms with Gasteiger partial charge in [0.1, 0.15) is 0 Å². The maximum Gasteiger partial charge on any atom is 0.307 e. The molecule has 0 amide bonds. The molecule has 0 aliphatic heterocycles. The standard InChI is InChI=1S/C11H15O2P/c1-2-8-4-3-5-9(7-14)10(8)6-11(12)13/h3-5H,2,6-7,14H2,1H3,(H,12,13). The summed E-state index contributed by atoms with van der Waals surface area (Å²) in [6.45, 7) is 2.05. The van der Waals surface area contributed by atoms with Gasteiger partial charge >= 0.3 is 5.97 Å². The van der Waals surface area contributed by atoms with Crippen LogP contribution in [0.1, 0.15) is 23.6 Å². The first-order valence-corrected chi connectivity index (χ1v) is 5.52. The number of hydrogen-bond acceptors (Lipinski definition) is 1. The van der Waals surface area contributed by atoms with Crippen molar-refractivity contribution >= 4 is 15.2 Å². The molecule has 1 aromatic rings. The number of rotatable bonds is 4. The van der Waals surface area contributed by atoms with Crippen LogP contribution >= 0.6 is 9.24 Å². The van der Waals surface area contributed by atoms with E-state index >= 15 is 0 Å². The normalized spacial score (nSPS) is 10.1. The van der Waals surface area contributed by atoms with Crippen molar-refractivity contribution in [2.45, 2.75) is 25.9 Å². The molecule has 1 unspecified atom stereocenters. The maximum atomic E-state index is 10.7. The fourth-order valence-electron chi connectivity index (χ4n) is 1.59. The summed E-state index contributed by atoms with van der Waals surface area (Å²) in [7, 11) is 2.64. The topological polar surface area (TPSA) is 37.3 Å². The first-order valence-electron chi connectivity index (χ1n) is 4.70. The van der Waals surface area contributed by atoms with E-state index in [1.165, 1.54) is 0 Å². The van der Waals surface area contributed by atoms with Gasteiger partial charge in [-0.25, -0.2) is 0 Å². The lowest BCUT2D eigenvalue weighted by molar-refractivity contribution is -0.136. The predicted octanol–water partition coefficient (Wildman–Crippen LogP) is 2.25. The van der Waals surface area contributed by atoms with Crippen LogP contribution in [0.2, 0.25) is 0 Å². The van der Waals surface area contributed by atoms with E-state index in [1.807, 2.05) is 25.1 Å². The first kappa shape index (κ1) is 11.2. The first-order chi connectivity index (χ1) is 6.69. The summed E-state index contributed by atoms with van der Waals surface area (Å²) in [6.07, 6.45) is 1.84. The van der Waals surface area contributed by atoms with Crippen molar-refractivity contribution in [1.29, 1.82) is 0 Å². The van der Waals surface area contributed by atoms with Crippen LogP contribution < -0.4 is 0 Å². The minimum atomic E-state index is -0.759. The van der Waals surface area contributed by atoms with E-state index in [9.17, 15) is 4.79 Å². The molecule has 3 heteroatoms. The van der Waals surface area contributed by atoms with Crippen molar-refractivity contribution in [1.82, 2.24) is 0 Å². The van der Waals surface area contributed by atoms with Crippen molar-refractivity contribution in [2.24, 2.45) is 0 Å². The molecule has 14 heavy (non-hydrogen) atoms. The second kappa shape index (κ2) is 5.11. The van der Waals surface area contributed by atoms with Gasteiger partial charge < -0.3 is 5.11 Å². The molecule has 2 nitrogen and oxygen atoms in total. The zero-order valence-electron chi connectivity index (χ0n) is 8.29. The predicted molar refractivity (Wildman–Crippen MR) is 60.6 cm³/mol. The van der Waals surface area contributed by atoms with E-state index in [0.29, 0.717) is 0 Å². The molecule has 0 radical (unpaired) electrons. The molecular weight excluding hydrogens is 195 g/mol. The average Bonchev–Trinajstić information content (AvgIpc) is 2.17.